The van der Waals surface area contributed by atoms with Crippen LogP contribution in [0.4, 0.5) is 0 Å². The third-order valence-electron chi connectivity index (χ3n) is 3.41. The smallest absolute Gasteiger partial charge is 0.141 e. The first-order valence-electron chi connectivity index (χ1n) is 6.89. The molecule has 1 aliphatic heterocycles. The van der Waals surface area contributed by atoms with Gasteiger partial charge in [0.1, 0.15) is 12.4 Å². The Balaban J connectivity index is 1.72. The number of rotatable bonds is 6. The molecule has 1 aromatic rings. The molecule has 1 atom stereocenters. The molecule has 0 unspecified atom stereocenters. The third-order valence-corrected chi connectivity index (χ3v) is 3.88. The summed E-state index contributed by atoms with van der Waals surface area (Å²) in [7, 11) is 0. The molecule has 1 saturated heterocycles. The highest BCUT2D eigenvalue weighted by atomic mass is 35.5. The summed E-state index contributed by atoms with van der Waals surface area (Å²) in [6.45, 7) is 7.25. The van der Waals surface area contributed by atoms with Crippen molar-refractivity contribution in [3.8, 4) is 5.75 Å². The van der Waals surface area contributed by atoms with Crippen LogP contribution in [0.2, 0.25) is 5.02 Å². The Kier molecular flexibility index (Phi) is 5.49. The number of hydrogen-bond acceptors (Lipinski definition) is 3. The van der Waals surface area contributed by atoms with Gasteiger partial charge in [-0.25, -0.2) is 0 Å². The quantitative estimate of drug-likeness (QED) is 0.814. The lowest BCUT2D eigenvalue weighted by atomic mass is 10.1. The molecule has 0 spiro atoms. The van der Waals surface area contributed by atoms with E-state index in [1.165, 1.54) is 6.42 Å². The number of nitrogens with one attached hydrogen (secondary N) is 1. The van der Waals surface area contributed by atoms with Crippen molar-refractivity contribution in [3.63, 3.8) is 0 Å². The van der Waals surface area contributed by atoms with Gasteiger partial charge in [0.25, 0.3) is 0 Å². The molecule has 1 aromatic carbocycles. The van der Waals surface area contributed by atoms with E-state index in [1.807, 2.05) is 26.0 Å². The zero-order valence-electron chi connectivity index (χ0n) is 11.7. The molecule has 0 radical (unpaired) electrons. The summed E-state index contributed by atoms with van der Waals surface area (Å²) in [6.07, 6.45) is 2.72. The Hall–Kier alpha value is -0.770. The van der Waals surface area contributed by atoms with Gasteiger partial charge in [-0.05, 0) is 37.8 Å². The van der Waals surface area contributed by atoms with Crippen molar-refractivity contribution in [2.75, 3.05) is 26.3 Å². The Bertz CT molecular complexity index is 417. The largest absolute Gasteiger partial charge is 0.490 e. The summed E-state index contributed by atoms with van der Waals surface area (Å²) in [6, 6.07) is 4.05. The fourth-order valence-corrected chi connectivity index (χ4v) is 2.49. The maximum atomic E-state index is 6.25. The van der Waals surface area contributed by atoms with Gasteiger partial charge in [0.15, 0.2) is 0 Å². The minimum absolute atomic E-state index is 0.379. The van der Waals surface area contributed by atoms with E-state index in [0.29, 0.717) is 12.7 Å². The van der Waals surface area contributed by atoms with E-state index in [2.05, 4.69) is 5.32 Å². The molecular weight excluding hydrogens is 262 g/mol. The van der Waals surface area contributed by atoms with Crippen LogP contribution in [0.1, 0.15) is 24.0 Å². The molecule has 1 N–H and O–H groups in total. The van der Waals surface area contributed by atoms with E-state index in [4.69, 9.17) is 21.1 Å². The van der Waals surface area contributed by atoms with E-state index in [9.17, 15) is 0 Å². The third kappa shape index (κ3) is 4.10. The molecule has 106 valence electrons. The lowest BCUT2D eigenvalue weighted by molar-refractivity contribution is 0.109. The first-order chi connectivity index (χ1) is 9.18. The topological polar surface area (TPSA) is 30.5 Å². The second-order valence-electron chi connectivity index (χ2n) is 5.03. The summed E-state index contributed by atoms with van der Waals surface area (Å²) in [5, 5.41) is 4.08. The van der Waals surface area contributed by atoms with Crippen LogP contribution in [0.3, 0.4) is 0 Å². The molecule has 1 fully saturated rings. The molecule has 0 aliphatic carbocycles. The highest BCUT2D eigenvalue weighted by Gasteiger charge is 2.14. The predicted molar refractivity (Wildman–Crippen MR) is 78.3 cm³/mol. The molecule has 0 amide bonds. The second-order valence-corrected chi connectivity index (χ2v) is 5.41. The van der Waals surface area contributed by atoms with Gasteiger partial charge < -0.3 is 14.8 Å². The zero-order valence-corrected chi connectivity index (χ0v) is 12.4. The molecule has 0 saturated carbocycles. The molecular formula is C15H22ClNO2. The number of benzene rings is 1. The lowest BCUT2D eigenvalue weighted by Gasteiger charge is -2.14. The minimum atomic E-state index is 0.379. The van der Waals surface area contributed by atoms with E-state index in [1.54, 1.807) is 0 Å². The van der Waals surface area contributed by atoms with Crippen LogP contribution in [-0.4, -0.2) is 32.4 Å². The van der Waals surface area contributed by atoms with Gasteiger partial charge in [-0.3, -0.25) is 0 Å². The average molecular weight is 284 g/mol. The van der Waals surface area contributed by atoms with Crippen molar-refractivity contribution >= 4 is 11.6 Å². The molecule has 3 nitrogen and oxygen atoms in total. The first-order valence-corrected chi connectivity index (χ1v) is 7.27. The van der Waals surface area contributed by atoms with Gasteiger partial charge in [0.05, 0.1) is 11.1 Å². The Labute approximate surface area is 120 Å². The number of ether oxygens (including phenoxy) is 2. The van der Waals surface area contributed by atoms with Crippen molar-refractivity contribution in [2.45, 2.75) is 32.8 Å². The molecule has 1 aliphatic rings. The van der Waals surface area contributed by atoms with Gasteiger partial charge in [0, 0.05) is 19.7 Å². The number of halogens is 1. The summed E-state index contributed by atoms with van der Waals surface area (Å²) < 4.78 is 11.3. The minimum Gasteiger partial charge on any atom is -0.490 e. The summed E-state index contributed by atoms with van der Waals surface area (Å²) in [5.41, 5.74) is 2.13. The van der Waals surface area contributed by atoms with Crippen LogP contribution in [0.15, 0.2) is 12.1 Å². The highest BCUT2D eigenvalue weighted by Crippen LogP contribution is 2.31. The molecule has 0 aromatic heterocycles. The molecule has 1 heterocycles. The van der Waals surface area contributed by atoms with Gasteiger partial charge >= 0.3 is 0 Å². The maximum absolute atomic E-state index is 6.25. The van der Waals surface area contributed by atoms with Crippen molar-refractivity contribution in [1.82, 2.24) is 5.32 Å². The number of aryl methyl sites for hydroxylation is 2. The summed E-state index contributed by atoms with van der Waals surface area (Å²) in [4.78, 5) is 0. The average Bonchev–Trinajstić information content (AvgIpc) is 2.90. The summed E-state index contributed by atoms with van der Waals surface area (Å²) in [5.74, 6) is 0.806. The molecule has 19 heavy (non-hydrogen) atoms. The van der Waals surface area contributed by atoms with Gasteiger partial charge in [-0.15, -0.1) is 0 Å². The van der Waals surface area contributed by atoms with Crippen LogP contribution < -0.4 is 10.1 Å². The van der Waals surface area contributed by atoms with E-state index < -0.39 is 0 Å². The van der Waals surface area contributed by atoms with Crippen LogP contribution in [0, 0.1) is 13.8 Å². The van der Waals surface area contributed by atoms with Crippen LogP contribution in [-0.2, 0) is 4.74 Å². The SMILES string of the molecule is Cc1ccc(C)c(OCCNC[C@H]2CCCO2)c1Cl. The monoisotopic (exact) mass is 283 g/mol. The highest BCUT2D eigenvalue weighted by molar-refractivity contribution is 6.32. The van der Waals surface area contributed by atoms with Crippen LogP contribution in [0.5, 0.6) is 5.75 Å². The van der Waals surface area contributed by atoms with Gasteiger partial charge in [-0.1, -0.05) is 23.7 Å². The Morgan fingerprint density at radius 3 is 2.89 bits per heavy atom. The van der Waals surface area contributed by atoms with E-state index in [-0.39, 0.29) is 0 Å². The maximum Gasteiger partial charge on any atom is 0.141 e. The standard InChI is InChI=1S/C15H22ClNO2/c1-11-5-6-12(2)15(14(11)16)19-9-7-17-10-13-4-3-8-18-13/h5-6,13,17H,3-4,7-10H2,1-2H3/t13-/m1/s1. The van der Waals surface area contributed by atoms with E-state index >= 15 is 0 Å². The van der Waals surface area contributed by atoms with Gasteiger partial charge in [-0.2, -0.15) is 0 Å². The van der Waals surface area contributed by atoms with Crippen molar-refractivity contribution in [3.05, 3.63) is 28.3 Å². The van der Waals surface area contributed by atoms with Gasteiger partial charge in [0.2, 0.25) is 0 Å². The van der Waals surface area contributed by atoms with Crippen LogP contribution in [0.25, 0.3) is 0 Å². The second kappa shape index (κ2) is 7.13. The predicted octanol–water partition coefficient (Wildman–Crippen LogP) is 3.10. The van der Waals surface area contributed by atoms with Crippen molar-refractivity contribution in [1.29, 1.82) is 0 Å². The molecule has 0 bridgehead atoms. The lowest BCUT2D eigenvalue weighted by Crippen LogP contribution is -2.29. The normalized spacial score (nSPS) is 18.8. The fraction of sp³-hybridized carbons (Fsp3) is 0.600. The summed E-state index contributed by atoms with van der Waals surface area (Å²) >= 11 is 6.25. The fourth-order valence-electron chi connectivity index (χ4n) is 2.22. The van der Waals surface area contributed by atoms with Crippen molar-refractivity contribution in [2.24, 2.45) is 0 Å². The molecule has 4 heteroatoms. The number of hydrogen-bond donors (Lipinski definition) is 1. The Morgan fingerprint density at radius 2 is 2.16 bits per heavy atom. The first kappa shape index (κ1) is 14.6. The zero-order chi connectivity index (χ0) is 13.7. The van der Waals surface area contributed by atoms with E-state index in [0.717, 1.165) is 48.0 Å². The van der Waals surface area contributed by atoms with Crippen molar-refractivity contribution < 1.29 is 9.47 Å². The molecule has 2 rings (SSSR count). The Morgan fingerprint density at radius 1 is 1.37 bits per heavy atom. The van der Waals surface area contributed by atoms with Crippen LogP contribution >= 0.6 is 11.6 Å².